The van der Waals surface area contributed by atoms with Gasteiger partial charge in [0.05, 0.1) is 0 Å². The van der Waals surface area contributed by atoms with Crippen molar-refractivity contribution in [2.75, 3.05) is 6.54 Å². The number of unbranched alkanes of at least 4 members (excludes halogenated alkanes) is 1. The van der Waals surface area contributed by atoms with Gasteiger partial charge in [0.15, 0.2) is 0 Å². The lowest BCUT2D eigenvalue weighted by Crippen LogP contribution is -2.16. The van der Waals surface area contributed by atoms with Crippen molar-refractivity contribution in [3.05, 3.63) is 10.1 Å². The van der Waals surface area contributed by atoms with Crippen molar-refractivity contribution >= 4 is 8.07 Å². The van der Waals surface area contributed by atoms with E-state index >= 15 is 0 Å². The van der Waals surface area contributed by atoms with Gasteiger partial charge in [0.1, 0.15) is 8.07 Å². The van der Waals surface area contributed by atoms with Crippen LogP contribution in [-0.4, -0.2) is 19.5 Å². The first-order valence-corrected chi connectivity index (χ1v) is 7.53. The van der Waals surface area contributed by atoms with Crippen molar-refractivity contribution < 1.29 is 4.92 Å². The van der Waals surface area contributed by atoms with Crippen LogP contribution in [0.25, 0.3) is 0 Å². The average Bonchev–Trinajstić information content (AvgIpc) is 1.83. The standard InChI is InChI=1S/C8H15NO2Si/c1-12(2,3)8-6-4-5-7-9(10)11/h4-5,7H2,1-3H3. The first-order chi connectivity index (χ1) is 5.42. The van der Waals surface area contributed by atoms with E-state index in [4.69, 9.17) is 0 Å². The topological polar surface area (TPSA) is 43.1 Å². The predicted molar refractivity (Wildman–Crippen MR) is 52.2 cm³/mol. The minimum absolute atomic E-state index is 0.0420. The highest BCUT2D eigenvalue weighted by molar-refractivity contribution is 6.83. The zero-order chi connectivity index (χ0) is 9.61. The monoisotopic (exact) mass is 185 g/mol. The quantitative estimate of drug-likeness (QED) is 0.222. The van der Waals surface area contributed by atoms with Crippen LogP contribution in [0.1, 0.15) is 12.8 Å². The summed E-state index contributed by atoms with van der Waals surface area (Å²) in [7, 11) is -1.27. The Bertz CT molecular complexity index is 209. The van der Waals surface area contributed by atoms with Crippen LogP contribution in [0.15, 0.2) is 0 Å². The SMILES string of the molecule is C[Si](C)(C)C#CCCC[N+](=O)[O-]. The summed E-state index contributed by atoms with van der Waals surface area (Å²) in [4.78, 5) is 9.63. The van der Waals surface area contributed by atoms with Crippen molar-refractivity contribution in [3.8, 4) is 11.5 Å². The summed E-state index contributed by atoms with van der Waals surface area (Å²) < 4.78 is 0. The Hall–Kier alpha value is -0.823. The van der Waals surface area contributed by atoms with E-state index in [9.17, 15) is 10.1 Å². The molecule has 0 saturated carbocycles. The van der Waals surface area contributed by atoms with Crippen molar-refractivity contribution in [1.82, 2.24) is 0 Å². The van der Waals surface area contributed by atoms with Gasteiger partial charge in [-0.25, -0.2) is 0 Å². The van der Waals surface area contributed by atoms with Gasteiger partial charge in [-0.15, -0.1) is 11.5 Å². The molecule has 0 aliphatic carbocycles. The summed E-state index contributed by atoms with van der Waals surface area (Å²) in [5, 5.41) is 9.93. The van der Waals surface area contributed by atoms with E-state index in [1.807, 2.05) is 0 Å². The Morgan fingerprint density at radius 2 is 2.00 bits per heavy atom. The molecule has 12 heavy (non-hydrogen) atoms. The molecule has 0 aromatic carbocycles. The molecule has 0 amide bonds. The van der Waals surface area contributed by atoms with Crippen LogP contribution < -0.4 is 0 Å². The summed E-state index contributed by atoms with van der Waals surface area (Å²) in [6, 6.07) is 0. The lowest BCUT2D eigenvalue weighted by molar-refractivity contribution is -0.480. The van der Waals surface area contributed by atoms with E-state index in [0.29, 0.717) is 12.8 Å². The van der Waals surface area contributed by atoms with E-state index in [-0.39, 0.29) is 11.5 Å². The molecule has 0 spiro atoms. The number of hydrogen-bond donors (Lipinski definition) is 0. The molecule has 0 fully saturated rings. The second-order valence-corrected chi connectivity index (χ2v) is 8.46. The van der Waals surface area contributed by atoms with E-state index in [0.717, 1.165) is 0 Å². The molecule has 0 rings (SSSR count). The Kier molecular flexibility index (Phi) is 4.60. The van der Waals surface area contributed by atoms with Crippen LogP contribution in [-0.2, 0) is 0 Å². The zero-order valence-electron chi connectivity index (χ0n) is 7.89. The van der Waals surface area contributed by atoms with Crippen LogP contribution in [0, 0.1) is 21.6 Å². The molecule has 4 heteroatoms. The van der Waals surface area contributed by atoms with Gasteiger partial charge in [-0.05, 0) is 0 Å². The normalized spacial score (nSPS) is 10.2. The fourth-order valence-electron chi connectivity index (χ4n) is 0.624. The van der Waals surface area contributed by atoms with E-state index in [2.05, 4.69) is 31.1 Å². The van der Waals surface area contributed by atoms with Crippen LogP contribution >= 0.6 is 0 Å². The highest BCUT2D eigenvalue weighted by Gasteiger charge is 2.06. The maximum Gasteiger partial charge on any atom is 0.204 e. The zero-order valence-corrected chi connectivity index (χ0v) is 8.89. The molecule has 0 saturated heterocycles. The van der Waals surface area contributed by atoms with Gasteiger partial charge in [0.25, 0.3) is 0 Å². The van der Waals surface area contributed by atoms with E-state index in [1.54, 1.807) is 0 Å². The molecular weight excluding hydrogens is 170 g/mol. The van der Waals surface area contributed by atoms with Gasteiger partial charge in [-0.1, -0.05) is 19.6 Å². The molecule has 0 atom stereocenters. The molecule has 0 aromatic rings. The molecule has 68 valence electrons. The van der Waals surface area contributed by atoms with Crippen molar-refractivity contribution in [1.29, 1.82) is 0 Å². The molecule has 0 aromatic heterocycles. The summed E-state index contributed by atoms with van der Waals surface area (Å²) in [6.45, 7) is 6.52. The number of rotatable bonds is 3. The predicted octanol–water partition coefficient (Wildman–Crippen LogP) is 1.92. The molecule has 0 aliphatic heterocycles. The average molecular weight is 185 g/mol. The highest BCUT2D eigenvalue weighted by Crippen LogP contribution is 1.97. The number of hydrogen-bond acceptors (Lipinski definition) is 2. The molecule has 0 N–H and O–H groups in total. The lowest BCUT2D eigenvalue weighted by Gasteiger charge is -2.02. The fraction of sp³-hybridized carbons (Fsp3) is 0.750. The van der Waals surface area contributed by atoms with Gasteiger partial charge in [-0.3, -0.25) is 10.1 Å². The van der Waals surface area contributed by atoms with Gasteiger partial charge in [0, 0.05) is 17.8 Å². The first-order valence-electron chi connectivity index (χ1n) is 4.03. The number of nitro groups is 1. The molecular formula is C8H15NO2Si. The molecule has 0 heterocycles. The van der Waals surface area contributed by atoms with Gasteiger partial charge < -0.3 is 0 Å². The molecule has 0 unspecified atom stereocenters. The minimum Gasteiger partial charge on any atom is -0.265 e. The smallest absolute Gasteiger partial charge is 0.204 e. The third-order valence-corrected chi connectivity index (χ3v) is 2.03. The van der Waals surface area contributed by atoms with Crippen LogP contribution in [0.3, 0.4) is 0 Å². The fourth-order valence-corrected chi connectivity index (χ4v) is 1.28. The van der Waals surface area contributed by atoms with Crippen molar-refractivity contribution in [2.45, 2.75) is 32.5 Å². The van der Waals surface area contributed by atoms with Gasteiger partial charge >= 0.3 is 0 Å². The summed E-state index contributed by atoms with van der Waals surface area (Å²) in [5.41, 5.74) is 3.16. The highest BCUT2D eigenvalue weighted by atomic mass is 28.3. The first kappa shape index (κ1) is 11.2. The van der Waals surface area contributed by atoms with Crippen LogP contribution in [0.5, 0.6) is 0 Å². The summed E-state index contributed by atoms with van der Waals surface area (Å²) in [5.74, 6) is 2.99. The minimum atomic E-state index is -1.27. The third kappa shape index (κ3) is 9.18. The maximum atomic E-state index is 9.93. The Morgan fingerprint density at radius 3 is 2.42 bits per heavy atom. The Morgan fingerprint density at radius 1 is 1.42 bits per heavy atom. The summed E-state index contributed by atoms with van der Waals surface area (Å²) in [6.07, 6.45) is 1.23. The van der Waals surface area contributed by atoms with Crippen molar-refractivity contribution in [3.63, 3.8) is 0 Å². The van der Waals surface area contributed by atoms with Crippen molar-refractivity contribution in [2.24, 2.45) is 0 Å². The third-order valence-electron chi connectivity index (χ3n) is 1.11. The molecule has 0 bridgehead atoms. The van der Waals surface area contributed by atoms with E-state index in [1.165, 1.54) is 0 Å². The Balaban J connectivity index is 3.53. The van der Waals surface area contributed by atoms with E-state index < -0.39 is 8.07 Å². The Labute approximate surface area is 74.3 Å². The second kappa shape index (κ2) is 4.94. The lowest BCUT2D eigenvalue weighted by atomic mass is 10.3. The molecule has 0 radical (unpaired) electrons. The second-order valence-electron chi connectivity index (χ2n) is 3.71. The summed E-state index contributed by atoms with van der Waals surface area (Å²) >= 11 is 0. The van der Waals surface area contributed by atoms with Crippen LogP contribution in [0.4, 0.5) is 0 Å². The number of nitrogens with zero attached hydrogens (tertiary/aromatic N) is 1. The van der Waals surface area contributed by atoms with Crippen LogP contribution in [0.2, 0.25) is 19.6 Å². The molecule has 3 nitrogen and oxygen atoms in total. The molecule has 0 aliphatic rings. The van der Waals surface area contributed by atoms with Gasteiger partial charge in [-0.2, -0.15) is 0 Å². The van der Waals surface area contributed by atoms with Gasteiger partial charge in [0.2, 0.25) is 6.54 Å². The largest absolute Gasteiger partial charge is 0.265 e. The maximum absolute atomic E-state index is 9.93.